The molecule has 0 aromatic carbocycles. The van der Waals surface area contributed by atoms with Crippen LogP contribution in [0.1, 0.15) is 30.0 Å². The third-order valence-corrected chi connectivity index (χ3v) is 3.95. The molecule has 4 heteroatoms. The van der Waals surface area contributed by atoms with Gasteiger partial charge in [0.15, 0.2) is 0 Å². The highest BCUT2D eigenvalue weighted by molar-refractivity contribution is 7.18. The summed E-state index contributed by atoms with van der Waals surface area (Å²) in [6.07, 6.45) is 1.20. The Morgan fingerprint density at radius 1 is 1.47 bits per heavy atom. The van der Waals surface area contributed by atoms with E-state index in [1.54, 1.807) is 11.3 Å². The highest BCUT2D eigenvalue weighted by Gasteiger charge is 2.37. The van der Waals surface area contributed by atoms with E-state index in [1.165, 1.54) is 11.3 Å². The maximum Gasteiger partial charge on any atom is 0.135 e. The van der Waals surface area contributed by atoms with Crippen LogP contribution in [0.25, 0.3) is 10.2 Å². The Hall–Kier alpha value is -1.16. The fraction of sp³-hybridized carbons (Fsp3) is 0.455. The summed E-state index contributed by atoms with van der Waals surface area (Å²) in [4.78, 5) is 11.3. The van der Waals surface area contributed by atoms with Gasteiger partial charge >= 0.3 is 0 Å². The minimum absolute atomic E-state index is 0.541. The van der Waals surface area contributed by atoms with Crippen LogP contribution in [0.2, 0.25) is 0 Å². The zero-order chi connectivity index (χ0) is 10.6. The van der Waals surface area contributed by atoms with Gasteiger partial charge in [0.2, 0.25) is 0 Å². The summed E-state index contributed by atoms with van der Waals surface area (Å²) < 4.78 is 0. The summed E-state index contributed by atoms with van der Waals surface area (Å²) >= 11 is 1.70. The van der Waals surface area contributed by atoms with Gasteiger partial charge < -0.3 is 5.73 Å². The normalized spacial score (nSPS) is 24.7. The largest absolute Gasteiger partial charge is 0.383 e. The first-order valence-corrected chi connectivity index (χ1v) is 6.00. The fourth-order valence-corrected chi connectivity index (χ4v) is 2.82. The first-order chi connectivity index (χ1) is 7.15. The van der Waals surface area contributed by atoms with E-state index in [1.807, 2.05) is 0 Å². The first-order valence-electron chi connectivity index (χ1n) is 5.18. The number of hydrogen-bond donors (Lipinski definition) is 1. The van der Waals surface area contributed by atoms with Gasteiger partial charge in [0.25, 0.3) is 0 Å². The molecule has 2 N–H and O–H groups in total. The number of anilines is 1. The molecule has 0 amide bonds. The zero-order valence-corrected chi connectivity index (χ0v) is 9.64. The third kappa shape index (κ3) is 1.40. The quantitative estimate of drug-likeness (QED) is 0.802. The Balaban J connectivity index is 2.18. The van der Waals surface area contributed by atoms with Gasteiger partial charge in [0.05, 0.1) is 5.39 Å². The number of aromatic nitrogens is 2. The highest BCUT2D eigenvalue weighted by Crippen LogP contribution is 2.46. The van der Waals surface area contributed by atoms with Gasteiger partial charge in [0, 0.05) is 10.8 Å². The second-order valence-corrected chi connectivity index (χ2v) is 5.60. The second-order valence-electron chi connectivity index (χ2n) is 4.36. The molecule has 15 heavy (non-hydrogen) atoms. The molecule has 1 saturated carbocycles. The standard InChI is InChI=1S/C11H13N3S/c1-5-3-7(5)10-13-9(12)8-4-6(2)15-11(8)14-10/h4-5,7H,3H2,1-2H3,(H2,12,13,14). The van der Waals surface area contributed by atoms with Gasteiger partial charge in [-0.05, 0) is 25.3 Å². The number of nitrogens with zero attached hydrogens (tertiary/aromatic N) is 2. The highest BCUT2D eigenvalue weighted by atomic mass is 32.1. The molecule has 1 fully saturated rings. The number of rotatable bonds is 1. The number of nitrogens with two attached hydrogens (primary N) is 1. The van der Waals surface area contributed by atoms with Crippen molar-refractivity contribution >= 4 is 27.4 Å². The van der Waals surface area contributed by atoms with Crippen molar-refractivity contribution in [1.82, 2.24) is 9.97 Å². The Bertz CT molecular complexity index is 532. The van der Waals surface area contributed by atoms with Crippen molar-refractivity contribution in [2.75, 3.05) is 5.73 Å². The summed E-state index contributed by atoms with van der Waals surface area (Å²) in [5.74, 6) is 2.84. The molecule has 2 aromatic rings. The Morgan fingerprint density at radius 2 is 2.20 bits per heavy atom. The lowest BCUT2D eigenvalue weighted by atomic mass is 10.3. The van der Waals surface area contributed by atoms with Gasteiger partial charge in [-0.2, -0.15) is 0 Å². The van der Waals surface area contributed by atoms with E-state index in [4.69, 9.17) is 5.73 Å². The van der Waals surface area contributed by atoms with E-state index in [9.17, 15) is 0 Å². The Labute approximate surface area is 92.4 Å². The van der Waals surface area contributed by atoms with E-state index >= 15 is 0 Å². The Morgan fingerprint density at radius 3 is 2.87 bits per heavy atom. The van der Waals surface area contributed by atoms with Crippen molar-refractivity contribution < 1.29 is 0 Å². The zero-order valence-electron chi connectivity index (χ0n) is 8.82. The summed E-state index contributed by atoms with van der Waals surface area (Å²) in [5.41, 5.74) is 5.94. The molecule has 0 aliphatic heterocycles. The van der Waals surface area contributed by atoms with Crippen LogP contribution in [0.5, 0.6) is 0 Å². The average molecular weight is 219 g/mol. The monoisotopic (exact) mass is 219 g/mol. The molecular weight excluding hydrogens is 206 g/mol. The molecule has 2 atom stereocenters. The van der Waals surface area contributed by atoms with E-state index in [-0.39, 0.29) is 0 Å². The van der Waals surface area contributed by atoms with Gasteiger partial charge in [0.1, 0.15) is 16.5 Å². The van der Waals surface area contributed by atoms with Crippen LogP contribution in [-0.2, 0) is 0 Å². The molecule has 1 aliphatic rings. The molecule has 1 aliphatic carbocycles. The van der Waals surface area contributed by atoms with Gasteiger partial charge in [-0.15, -0.1) is 11.3 Å². The number of fused-ring (bicyclic) bond motifs is 1. The van der Waals surface area contributed by atoms with Gasteiger partial charge in [-0.3, -0.25) is 0 Å². The molecule has 2 unspecified atom stereocenters. The number of thiophene rings is 1. The van der Waals surface area contributed by atoms with Crippen molar-refractivity contribution in [3.8, 4) is 0 Å². The van der Waals surface area contributed by atoms with Crippen molar-refractivity contribution in [2.24, 2.45) is 5.92 Å². The lowest BCUT2D eigenvalue weighted by Crippen LogP contribution is -1.98. The summed E-state index contributed by atoms with van der Waals surface area (Å²) in [7, 11) is 0. The molecule has 0 radical (unpaired) electrons. The first kappa shape index (κ1) is 9.09. The summed E-state index contributed by atoms with van der Waals surface area (Å²) in [5, 5.41) is 1.01. The molecule has 0 spiro atoms. The fourth-order valence-electron chi connectivity index (χ4n) is 1.93. The summed E-state index contributed by atoms with van der Waals surface area (Å²) in [6, 6.07) is 2.06. The maximum atomic E-state index is 5.94. The van der Waals surface area contributed by atoms with Crippen LogP contribution in [0.15, 0.2) is 6.07 Å². The smallest absolute Gasteiger partial charge is 0.135 e. The molecule has 78 valence electrons. The van der Waals surface area contributed by atoms with E-state index in [0.29, 0.717) is 11.7 Å². The SMILES string of the molecule is Cc1cc2c(N)nc(C3CC3C)nc2s1. The minimum atomic E-state index is 0.541. The van der Waals surface area contributed by atoms with E-state index in [2.05, 4.69) is 29.9 Å². The van der Waals surface area contributed by atoms with E-state index < -0.39 is 0 Å². The number of nitrogen functional groups attached to an aromatic ring is 1. The third-order valence-electron chi connectivity index (χ3n) is 3.00. The minimum Gasteiger partial charge on any atom is -0.383 e. The molecule has 3 nitrogen and oxygen atoms in total. The van der Waals surface area contributed by atoms with Gasteiger partial charge in [-0.25, -0.2) is 9.97 Å². The topological polar surface area (TPSA) is 51.8 Å². The van der Waals surface area contributed by atoms with Gasteiger partial charge in [-0.1, -0.05) is 6.92 Å². The molecule has 2 heterocycles. The van der Waals surface area contributed by atoms with Crippen LogP contribution in [0.3, 0.4) is 0 Å². The summed E-state index contributed by atoms with van der Waals surface area (Å²) in [6.45, 7) is 4.30. The maximum absolute atomic E-state index is 5.94. The Kier molecular flexibility index (Phi) is 1.77. The van der Waals surface area contributed by atoms with E-state index in [0.717, 1.165) is 22.0 Å². The molecule has 3 rings (SSSR count). The predicted octanol–water partition coefficient (Wildman–Crippen LogP) is 2.71. The van der Waals surface area contributed by atoms with Crippen LogP contribution >= 0.6 is 11.3 Å². The molecule has 0 saturated heterocycles. The molecular formula is C11H13N3S. The number of hydrogen-bond acceptors (Lipinski definition) is 4. The number of aryl methyl sites for hydroxylation is 1. The van der Waals surface area contributed by atoms with Crippen LogP contribution < -0.4 is 5.73 Å². The van der Waals surface area contributed by atoms with Crippen LogP contribution in [0.4, 0.5) is 5.82 Å². The lowest BCUT2D eigenvalue weighted by Gasteiger charge is -2.00. The lowest BCUT2D eigenvalue weighted by molar-refractivity contribution is 0.855. The second kappa shape index (κ2) is 2.92. The average Bonchev–Trinajstić information content (AvgIpc) is 2.76. The van der Waals surface area contributed by atoms with Crippen molar-refractivity contribution in [2.45, 2.75) is 26.2 Å². The van der Waals surface area contributed by atoms with Crippen LogP contribution in [0, 0.1) is 12.8 Å². The molecule has 0 bridgehead atoms. The van der Waals surface area contributed by atoms with Crippen molar-refractivity contribution in [3.05, 3.63) is 16.8 Å². The van der Waals surface area contributed by atoms with Crippen molar-refractivity contribution in [1.29, 1.82) is 0 Å². The van der Waals surface area contributed by atoms with Crippen LogP contribution in [-0.4, -0.2) is 9.97 Å². The molecule has 2 aromatic heterocycles. The predicted molar refractivity (Wildman–Crippen MR) is 63.1 cm³/mol. The van der Waals surface area contributed by atoms with Crippen molar-refractivity contribution in [3.63, 3.8) is 0 Å².